The van der Waals surface area contributed by atoms with Crippen LogP contribution in [-0.2, 0) is 14.6 Å². The number of Topliss-reactive ketones (excluding diaryl/α,β-unsaturated/α-hetero) is 1. The molecule has 0 spiro atoms. The molecule has 1 aromatic rings. The molecule has 0 aromatic heterocycles. The fourth-order valence-corrected chi connectivity index (χ4v) is 2.58. The van der Waals surface area contributed by atoms with Crippen molar-refractivity contribution in [2.45, 2.75) is 24.7 Å². The zero-order valence-electron chi connectivity index (χ0n) is 10.0. The van der Waals surface area contributed by atoms with Gasteiger partial charge in [-0.15, -0.1) is 0 Å². The van der Waals surface area contributed by atoms with Crippen LogP contribution in [0.15, 0.2) is 29.2 Å². The summed E-state index contributed by atoms with van der Waals surface area (Å²) in [5, 5.41) is 0. The minimum Gasteiger partial charge on any atom is -0.369 e. The van der Waals surface area contributed by atoms with Gasteiger partial charge in [-0.1, -0.05) is 19.1 Å². The first-order valence-corrected chi connectivity index (χ1v) is 7.16. The summed E-state index contributed by atoms with van der Waals surface area (Å²) in [5.41, 5.74) is 5.33. The summed E-state index contributed by atoms with van der Waals surface area (Å²) >= 11 is 0. The number of carbonyl (C=O) groups excluding carboxylic acids is 2. The second-order valence-electron chi connectivity index (χ2n) is 3.92. The van der Waals surface area contributed by atoms with Gasteiger partial charge in [0.25, 0.3) is 0 Å². The lowest BCUT2D eigenvalue weighted by Gasteiger charge is -2.03. The van der Waals surface area contributed by atoms with Gasteiger partial charge in [0.05, 0.1) is 4.90 Å². The molecule has 0 aliphatic heterocycles. The fraction of sp³-hybridized carbons (Fsp3) is 0.333. The largest absolute Gasteiger partial charge is 0.369 e. The third kappa shape index (κ3) is 3.66. The zero-order chi connectivity index (χ0) is 13.8. The highest BCUT2D eigenvalue weighted by Crippen LogP contribution is 2.14. The molecule has 6 heteroatoms. The number of hydrogen-bond acceptors (Lipinski definition) is 4. The van der Waals surface area contributed by atoms with Gasteiger partial charge in [-0.25, -0.2) is 8.42 Å². The van der Waals surface area contributed by atoms with Crippen LogP contribution < -0.4 is 5.73 Å². The SMILES string of the molecule is CCCC(=O)c1ccc(S(=O)(=O)CC(N)=O)cc1. The third-order valence-corrected chi connectivity index (χ3v) is 4.00. The third-order valence-electron chi connectivity index (χ3n) is 2.34. The Morgan fingerprint density at radius 2 is 1.72 bits per heavy atom. The van der Waals surface area contributed by atoms with E-state index in [9.17, 15) is 18.0 Å². The molecule has 0 atom stereocenters. The fourth-order valence-electron chi connectivity index (χ4n) is 1.49. The molecule has 1 amide bonds. The van der Waals surface area contributed by atoms with E-state index in [0.29, 0.717) is 12.0 Å². The van der Waals surface area contributed by atoms with Crippen molar-refractivity contribution in [1.82, 2.24) is 0 Å². The van der Waals surface area contributed by atoms with E-state index in [1.54, 1.807) is 0 Å². The number of amides is 1. The number of carbonyl (C=O) groups is 2. The van der Waals surface area contributed by atoms with E-state index in [1.807, 2.05) is 6.92 Å². The summed E-state index contributed by atoms with van der Waals surface area (Å²) in [6.45, 7) is 1.89. The van der Waals surface area contributed by atoms with Crippen LogP contribution in [0, 0.1) is 0 Å². The molecule has 0 unspecified atom stereocenters. The normalized spacial score (nSPS) is 11.2. The van der Waals surface area contributed by atoms with Crippen molar-refractivity contribution in [3.05, 3.63) is 29.8 Å². The Hall–Kier alpha value is -1.69. The molecule has 0 aliphatic rings. The Morgan fingerprint density at radius 3 is 2.17 bits per heavy atom. The number of primary amides is 1. The summed E-state index contributed by atoms with van der Waals surface area (Å²) in [6, 6.07) is 5.54. The van der Waals surface area contributed by atoms with Crippen LogP contribution in [0.25, 0.3) is 0 Å². The Balaban J connectivity index is 2.96. The van der Waals surface area contributed by atoms with Crippen LogP contribution in [0.2, 0.25) is 0 Å². The maximum Gasteiger partial charge on any atom is 0.233 e. The number of ketones is 1. The summed E-state index contributed by atoms with van der Waals surface area (Å²) in [5.74, 6) is -1.66. The quantitative estimate of drug-likeness (QED) is 0.777. The molecule has 18 heavy (non-hydrogen) atoms. The van der Waals surface area contributed by atoms with Gasteiger partial charge in [-0.2, -0.15) is 0 Å². The van der Waals surface area contributed by atoms with E-state index in [0.717, 1.165) is 6.42 Å². The van der Waals surface area contributed by atoms with Crippen molar-refractivity contribution in [2.75, 3.05) is 5.75 Å². The number of sulfone groups is 1. The van der Waals surface area contributed by atoms with Crippen LogP contribution in [0.4, 0.5) is 0 Å². The molecule has 0 bridgehead atoms. The number of benzene rings is 1. The van der Waals surface area contributed by atoms with E-state index in [2.05, 4.69) is 0 Å². The van der Waals surface area contributed by atoms with Crippen molar-refractivity contribution < 1.29 is 18.0 Å². The number of rotatable bonds is 6. The number of hydrogen-bond donors (Lipinski definition) is 1. The first-order valence-electron chi connectivity index (χ1n) is 5.51. The van der Waals surface area contributed by atoms with Crippen LogP contribution in [-0.4, -0.2) is 25.9 Å². The lowest BCUT2D eigenvalue weighted by molar-refractivity contribution is -0.115. The van der Waals surface area contributed by atoms with E-state index in [-0.39, 0.29) is 10.7 Å². The van der Waals surface area contributed by atoms with Gasteiger partial charge in [0.15, 0.2) is 15.6 Å². The highest BCUT2D eigenvalue weighted by molar-refractivity contribution is 7.92. The highest BCUT2D eigenvalue weighted by atomic mass is 32.2. The van der Waals surface area contributed by atoms with Gasteiger partial charge in [-0.05, 0) is 18.6 Å². The zero-order valence-corrected chi connectivity index (χ0v) is 10.9. The second-order valence-corrected chi connectivity index (χ2v) is 5.91. The molecule has 1 aromatic carbocycles. The lowest BCUT2D eigenvalue weighted by Crippen LogP contribution is -2.23. The summed E-state index contributed by atoms with van der Waals surface area (Å²) < 4.78 is 23.3. The number of nitrogens with two attached hydrogens (primary N) is 1. The standard InChI is InChI=1S/C12H15NO4S/c1-2-3-11(14)9-4-6-10(7-5-9)18(16,17)8-12(13)15/h4-7H,2-3,8H2,1H3,(H2,13,15). The molecule has 5 nitrogen and oxygen atoms in total. The molecule has 0 radical (unpaired) electrons. The predicted octanol–water partition coefficient (Wildman–Crippen LogP) is 0.928. The van der Waals surface area contributed by atoms with Crippen LogP contribution in [0.3, 0.4) is 0 Å². The van der Waals surface area contributed by atoms with Crippen molar-refractivity contribution in [3.63, 3.8) is 0 Å². The second kappa shape index (κ2) is 5.77. The monoisotopic (exact) mass is 269 g/mol. The van der Waals surface area contributed by atoms with E-state index < -0.39 is 21.5 Å². The molecular formula is C12H15NO4S. The van der Waals surface area contributed by atoms with Crippen molar-refractivity contribution in [1.29, 1.82) is 0 Å². The molecule has 0 aliphatic carbocycles. The Kier molecular flexibility index (Phi) is 4.61. The highest BCUT2D eigenvalue weighted by Gasteiger charge is 2.17. The van der Waals surface area contributed by atoms with Crippen LogP contribution >= 0.6 is 0 Å². The van der Waals surface area contributed by atoms with E-state index in [4.69, 9.17) is 5.73 Å². The van der Waals surface area contributed by atoms with Gasteiger partial charge in [0.2, 0.25) is 5.91 Å². The molecule has 0 saturated carbocycles. The minimum absolute atomic E-state index is 0.00523. The Bertz CT molecular complexity index is 546. The maximum absolute atomic E-state index is 11.7. The Labute approximate surface area is 106 Å². The molecule has 98 valence electrons. The van der Waals surface area contributed by atoms with Crippen molar-refractivity contribution in [2.24, 2.45) is 5.73 Å². The smallest absolute Gasteiger partial charge is 0.233 e. The van der Waals surface area contributed by atoms with Crippen molar-refractivity contribution >= 4 is 21.5 Å². The molecule has 1 rings (SSSR count). The molecule has 2 N–H and O–H groups in total. The maximum atomic E-state index is 11.7. The predicted molar refractivity (Wildman–Crippen MR) is 66.9 cm³/mol. The van der Waals surface area contributed by atoms with Gasteiger partial charge in [0, 0.05) is 12.0 Å². The van der Waals surface area contributed by atoms with Gasteiger partial charge in [0.1, 0.15) is 5.75 Å². The van der Waals surface area contributed by atoms with Crippen LogP contribution in [0.1, 0.15) is 30.1 Å². The van der Waals surface area contributed by atoms with E-state index in [1.165, 1.54) is 24.3 Å². The topological polar surface area (TPSA) is 94.3 Å². The summed E-state index contributed by atoms with van der Waals surface area (Å²) in [7, 11) is -3.70. The molecule has 0 saturated heterocycles. The van der Waals surface area contributed by atoms with E-state index >= 15 is 0 Å². The average Bonchev–Trinajstić information content (AvgIpc) is 2.28. The molecule has 0 heterocycles. The summed E-state index contributed by atoms with van der Waals surface area (Å²) in [4.78, 5) is 22.2. The lowest BCUT2D eigenvalue weighted by atomic mass is 10.1. The van der Waals surface area contributed by atoms with Gasteiger partial charge < -0.3 is 5.73 Å². The van der Waals surface area contributed by atoms with Crippen molar-refractivity contribution in [3.8, 4) is 0 Å². The average molecular weight is 269 g/mol. The Morgan fingerprint density at radius 1 is 1.17 bits per heavy atom. The molecular weight excluding hydrogens is 254 g/mol. The first-order chi connectivity index (χ1) is 8.36. The van der Waals surface area contributed by atoms with Gasteiger partial charge >= 0.3 is 0 Å². The summed E-state index contributed by atoms with van der Waals surface area (Å²) in [6.07, 6.45) is 1.16. The minimum atomic E-state index is -3.70. The van der Waals surface area contributed by atoms with Gasteiger partial charge in [-0.3, -0.25) is 9.59 Å². The molecule has 0 fully saturated rings. The van der Waals surface area contributed by atoms with Crippen LogP contribution in [0.5, 0.6) is 0 Å². The first kappa shape index (κ1) is 14.4.